The van der Waals surface area contributed by atoms with E-state index in [1.165, 1.54) is 7.11 Å². The summed E-state index contributed by atoms with van der Waals surface area (Å²) in [5.74, 6) is -0.0496. The number of hydrogen-bond acceptors (Lipinski definition) is 7. The number of nitrogens with zero attached hydrogens (tertiary/aromatic N) is 2. The summed E-state index contributed by atoms with van der Waals surface area (Å²) in [6.45, 7) is 3.80. The van der Waals surface area contributed by atoms with Crippen molar-refractivity contribution >= 4 is 56.5 Å². The van der Waals surface area contributed by atoms with E-state index in [1.54, 1.807) is 30.5 Å². The Morgan fingerprint density at radius 1 is 1.14 bits per heavy atom. The third-order valence-electron chi connectivity index (χ3n) is 5.61. The molecule has 0 radical (unpaired) electrons. The van der Waals surface area contributed by atoms with Gasteiger partial charge < -0.3 is 14.8 Å². The molecule has 1 saturated heterocycles. The molecule has 0 atom stereocenters. The molecule has 3 amide bonds. The highest BCUT2D eigenvalue weighted by Gasteiger charge is 2.36. The quantitative estimate of drug-likeness (QED) is 0.339. The monoisotopic (exact) mass is 581 g/mol. The number of ether oxygens (including phenoxy) is 2. The van der Waals surface area contributed by atoms with Crippen LogP contribution in [0.4, 0.5) is 10.5 Å². The molecule has 10 heteroatoms. The molecule has 4 rings (SSSR count). The van der Waals surface area contributed by atoms with E-state index in [4.69, 9.17) is 9.47 Å². The zero-order valence-corrected chi connectivity index (χ0v) is 22.8. The van der Waals surface area contributed by atoms with Crippen molar-refractivity contribution in [2.45, 2.75) is 20.5 Å². The molecule has 1 aromatic heterocycles. The number of amides is 3. The molecule has 0 aliphatic carbocycles. The molecule has 2 heterocycles. The first kappa shape index (κ1) is 26.4. The van der Waals surface area contributed by atoms with Crippen molar-refractivity contribution in [2.75, 3.05) is 19.0 Å². The Kier molecular flexibility index (Phi) is 8.30. The summed E-state index contributed by atoms with van der Waals surface area (Å²) in [7, 11) is 1.52. The summed E-state index contributed by atoms with van der Waals surface area (Å²) in [5.41, 5.74) is 4.12. The molecule has 0 spiro atoms. The second kappa shape index (κ2) is 11.6. The van der Waals surface area contributed by atoms with Crippen LogP contribution in [0.1, 0.15) is 22.4 Å². The number of halogens is 1. The summed E-state index contributed by atoms with van der Waals surface area (Å²) in [4.78, 5) is 43.4. The van der Waals surface area contributed by atoms with Gasteiger partial charge in [0.25, 0.3) is 11.1 Å². The van der Waals surface area contributed by atoms with Gasteiger partial charge in [0.15, 0.2) is 11.5 Å². The first-order valence-electron chi connectivity index (χ1n) is 11.3. The fourth-order valence-corrected chi connectivity index (χ4v) is 4.96. The molecule has 1 aliphatic heterocycles. The molecule has 8 nitrogen and oxygen atoms in total. The number of benzene rings is 2. The van der Waals surface area contributed by atoms with E-state index in [1.807, 2.05) is 44.2 Å². The van der Waals surface area contributed by atoms with Gasteiger partial charge in [-0.15, -0.1) is 0 Å². The molecule has 1 fully saturated rings. The molecule has 1 N–H and O–H groups in total. The number of methoxy groups -OCH3 is 1. The summed E-state index contributed by atoms with van der Waals surface area (Å²) in [6, 6.07) is 14.5. The van der Waals surface area contributed by atoms with Gasteiger partial charge in [0.1, 0.15) is 13.2 Å². The molecule has 37 heavy (non-hydrogen) atoms. The van der Waals surface area contributed by atoms with Crippen LogP contribution in [0.2, 0.25) is 0 Å². The van der Waals surface area contributed by atoms with Crippen molar-refractivity contribution in [2.24, 2.45) is 0 Å². The van der Waals surface area contributed by atoms with Gasteiger partial charge in [-0.05, 0) is 101 Å². The van der Waals surface area contributed by atoms with Crippen molar-refractivity contribution in [1.29, 1.82) is 0 Å². The molecular formula is C27H24BrN3O5S. The third-order valence-corrected chi connectivity index (χ3v) is 7.10. The summed E-state index contributed by atoms with van der Waals surface area (Å²) >= 11 is 4.28. The number of anilines is 1. The number of pyridine rings is 1. The maximum absolute atomic E-state index is 12.9. The highest BCUT2D eigenvalue weighted by atomic mass is 79.9. The second-order valence-electron chi connectivity index (χ2n) is 8.26. The maximum atomic E-state index is 12.9. The Labute approximate surface area is 227 Å². The number of nitrogens with one attached hydrogen (secondary N) is 1. The minimum absolute atomic E-state index is 0.208. The zero-order chi connectivity index (χ0) is 26.5. The lowest BCUT2D eigenvalue weighted by Crippen LogP contribution is -2.36. The van der Waals surface area contributed by atoms with E-state index in [0.717, 1.165) is 33.5 Å². The number of hydrogen-bond donors (Lipinski definition) is 1. The lowest BCUT2D eigenvalue weighted by Gasteiger charge is -2.14. The van der Waals surface area contributed by atoms with E-state index < -0.39 is 17.1 Å². The minimum Gasteiger partial charge on any atom is -0.493 e. The Balaban J connectivity index is 1.46. The highest BCUT2D eigenvalue weighted by Crippen LogP contribution is 2.39. The average Bonchev–Trinajstić information content (AvgIpc) is 3.13. The second-order valence-corrected chi connectivity index (χ2v) is 10.1. The number of rotatable bonds is 8. The predicted molar refractivity (Wildman–Crippen MR) is 146 cm³/mol. The highest BCUT2D eigenvalue weighted by molar-refractivity contribution is 9.10. The van der Waals surface area contributed by atoms with E-state index in [-0.39, 0.29) is 18.1 Å². The Morgan fingerprint density at radius 2 is 1.95 bits per heavy atom. The zero-order valence-electron chi connectivity index (χ0n) is 20.4. The van der Waals surface area contributed by atoms with Gasteiger partial charge >= 0.3 is 0 Å². The number of imide groups is 1. The first-order chi connectivity index (χ1) is 17.7. The van der Waals surface area contributed by atoms with Crippen molar-refractivity contribution in [3.63, 3.8) is 0 Å². The summed E-state index contributed by atoms with van der Waals surface area (Å²) < 4.78 is 12.0. The van der Waals surface area contributed by atoms with Crippen LogP contribution < -0.4 is 14.8 Å². The fraction of sp³-hybridized carbons (Fsp3) is 0.185. The Bertz CT molecular complexity index is 1390. The Hall–Kier alpha value is -3.63. The van der Waals surface area contributed by atoms with Crippen LogP contribution in [0, 0.1) is 13.8 Å². The number of aromatic nitrogens is 1. The average molecular weight is 582 g/mol. The van der Waals surface area contributed by atoms with Crippen LogP contribution in [0.25, 0.3) is 6.08 Å². The van der Waals surface area contributed by atoms with Crippen LogP contribution in [0.15, 0.2) is 64.1 Å². The van der Waals surface area contributed by atoms with Crippen LogP contribution in [-0.4, -0.2) is 40.6 Å². The summed E-state index contributed by atoms with van der Waals surface area (Å²) in [6.07, 6.45) is 3.27. The lowest BCUT2D eigenvalue weighted by molar-refractivity contribution is -0.127. The van der Waals surface area contributed by atoms with Gasteiger partial charge in [-0.3, -0.25) is 24.3 Å². The van der Waals surface area contributed by atoms with Crippen LogP contribution in [-0.2, 0) is 16.2 Å². The van der Waals surface area contributed by atoms with E-state index in [9.17, 15) is 14.4 Å². The van der Waals surface area contributed by atoms with E-state index in [0.29, 0.717) is 27.2 Å². The Morgan fingerprint density at radius 3 is 2.65 bits per heavy atom. The standard InChI is InChI=1S/C27H24BrN3O5S/c1-16-7-8-19(10-17(16)2)30-24(32)14-31-26(33)23(37-27(31)34)13-18-11-21(28)25(22(12-18)35-3)36-15-20-6-4-5-9-29-20/h4-13H,14-15H2,1-3H3,(H,30,32)/b23-13+. The van der Waals surface area contributed by atoms with Gasteiger partial charge in [0.05, 0.1) is 22.2 Å². The fourth-order valence-electron chi connectivity index (χ4n) is 3.54. The van der Waals surface area contributed by atoms with Crippen molar-refractivity contribution in [3.05, 3.63) is 86.5 Å². The molecule has 3 aromatic rings. The molecule has 0 bridgehead atoms. The van der Waals surface area contributed by atoms with Crippen molar-refractivity contribution in [3.8, 4) is 11.5 Å². The molecule has 0 saturated carbocycles. The van der Waals surface area contributed by atoms with Crippen LogP contribution >= 0.6 is 27.7 Å². The van der Waals surface area contributed by atoms with Gasteiger partial charge in [-0.2, -0.15) is 0 Å². The SMILES string of the molecule is COc1cc(/C=C2/SC(=O)N(CC(=O)Nc3ccc(C)c(C)c3)C2=O)cc(Br)c1OCc1ccccn1. The van der Waals surface area contributed by atoms with Crippen LogP contribution in [0.3, 0.4) is 0 Å². The van der Waals surface area contributed by atoms with E-state index in [2.05, 4.69) is 26.2 Å². The van der Waals surface area contributed by atoms with Gasteiger partial charge in [-0.1, -0.05) is 12.1 Å². The normalized spacial score (nSPS) is 14.3. The van der Waals surface area contributed by atoms with Crippen molar-refractivity contribution < 1.29 is 23.9 Å². The molecular weight excluding hydrogens is 558 g/mol. The van der Waals surface area contributed by atoms with Gasteiger partial charge in [0, 0.05) is 11.9 Å². The molecule has 190 valence electrons. The number of carbonyl (C=O) groups is 3. The minimum atomic E-state index is -0.532. The number of aryl methyl sites for hydroxylation is 2. The largest absolute Gasteiger partial charge is 0.493 e. The van der Waals surface area contributed by atoms with E-state index >= 15 is 0 Å². The first-order valence-corrected chi connectivity index (χ1v) is 12.9. The van der Waals surface area contributed by atoms with Crippen LogP contribution in [0.5, 0.6) is 11.5 Å². The van der Waals surface area contributed by atoms with Gasteiger partial charge in [0.2, 0.25) is 5.91 Å². The smallest absolute Gasteiger partial charge is 0.294 e. The molecule has 0 unspecified atom stereocenters. The number of carbonyl (C=O) groups excluding carboxylic acids is 3. The molecule has 2 aromatic carbocycles. The maximum Gasteiger partial charge on any atom is 0.294 e. The topological polar surface area (TPSA) is 97.8 Å². The molecule has 1 aliphatic rings. The third kappa shape index (κ3) is 6.39. The van der Waals surface area contributed by atoms with Gasteiger partial charge in [-0.25, -0.2) is 0 Å². The number of thioether (sulfide) groups is 1. The lowest BCUT2D eigenvalue weighted by atomic mass is 10.1. The predicted octanol–water partition coefficient (Wildman–Crippen LogP) is 5.72. The summed E-state index contributed by atoms with van der Waals surface area (Å²) in [5, 5.41) is 2.23. The van der Waals surface area contributed by atoms with Crippen molar-refractivity contribution in [1.82, 2.24) is 9.88 Å².